The molecular weight excluding hydrogens is 356 g/mol. The largest absolute Gasteiger partial charge is 0.463 e. The van der Waals surface area contributed by atoms with Crippen molar-refractivity contribution in [2.75, 3.05) is 0 Å². The number of esters is 3. The fraction of sp³-hybridized carbons (Fsp3) is 0.870. The number of carbonyl (C=O) groups excluding carboxylic acids is 3. The van der Waals surface area contributed by atoms with E-state index in [1.807, 2.05) is 0 Å². The van der Waals surface area contributed by atoms with Gasteiger partial charge in [0.2, 0.25) is 0 Å². The summed E-state index contributed by atoms with van der Waals surface area (Å²) in [5.41, 5.74) is 0. The van der Waals surface area contributed by atoms with Crippen LogP contribution >= 0.6 is 0 Å². The average Bonchev–Trinajstić information content (AvgIpc) is 2.63. The van der Waals surface area contributed by atoms with E-state index in [9.17, 15) is 14.4 Å². The lowest BCUT2D eigenvalue weighted by atomic mass is 10.0. The monoisotopic (exact) mass is 398 g/mol. The van der Waals surface area contributed by atoms with Crippen molar-refractivity contribution in [1.82, 2.24) is 0 Å². The van der Waals surface area contributed by atoms with Crippen LogP contribution in [0.25, 0.3) is 0 Å². The lowest BCUT2D eigenvalue weighted by Crippen LogP contribution is -2.16. The van der Waals surface area contributed by atoms with Gasteiger partial charge in [0, 0.05) is 6.42 Å². The van der Waals surface area contributed by atoms with Crippen molar-refractivity contribution in [2.45, 2.75) is 130 Å². The molecule has 0 amide bonds. The Morgan fingerprint density at radius 1 is 0.571 bits per heavy atom. The number of carbonyl (C=O) groups is 3. The van der Waals surface area contributed by atoms with E-state index in [1.165, 1.54) is 64.2 Å². The summed E-state index contributed by atoms with van der Waals surface area (Å²) in [7, 11) is 0. The van der Waals surface area contributed by atoms with Gasteiger partial charge in [0.1, 0.15) is 0 Å². The van der Waals surface area contributed by atoms with Gasteiger partial charge in [-0.2, -0.15) is 0 Å². The second kappa shape index (κ2) is 18.9. The van der Waals surface area contributed by atoms with Crippen molar-refractivity contribution in [3.63, 3.8) is 0 Å². The third kappa shape index (κ3) is 19.4. The van der Waals surface area contributed by atoms with E-state index in [-0.39, 0.29) is 25.4 Å². The first-order valence-electron chi connectivity index (χ1n) is 11.4. The Balaban J connectivity index is 3.41. The molecule has 0 N–H and O–H groups in total. The molecule has 0 saturated heterocycles. The molecule has 0 aromatic carbocycles. The SMILES string of the molecule is CCCCCCCCCCCCCCCC(=O)OC(=O)CCC(=O)OC(C)C. The van der Waals surface area contributed by atoms with E-state index < -0.39 is 17.9 Å². The highest BCUT2D eigenvalue weighted by atomic mass is 16.6. The van der Waals surface area contributed by atoms with E-state index in [4.69, 9.17) is 9.47 Å². The van der Waals surface area contributed by atoms with E-state index in [2.05, 4.69) is 6.92 Å². The van der Waals surface area contributed by atoms with Crippen LogP contribution in [-0.4, -0.2) is 24.0 Å². The molecule has 0 spiro atoms. The molecule has 5 nitrogen and oxygen atoms in total. The smallest absolute Gasteiger partial charge is 0.314 e. The predicted molar refractivity (Wildman–Crippen MR) is 112 cm³/mol. The molecule has 0 aliphatic carbocycles. The second-order valence-corrected chi connectivity index (χ2v) is 7.88. The van der Waals surface area contributed by atoms with Crippen LogP contribution in [0.1, 0.15) is 124 Å². The normalized spacial score (nSPS) is 10.9. The molecule has 0 radical (unpaired) electrons. The van der Waals surface area contributed by atoms with Crippen LogP contribution in [0.5, 0.6) is 0 Å². The van der Waals surface area contributed by atoms with Crippen molar-refractivity contribution in [1.29, 1.82) is 0 Å². The number of hydrogen-bond acceptors (Lipinski definition) is 5. The number of rotatable bonds is 18. The van der Waals surface area contributed by atoms with Gasteiger partial charge in [-0.25, -0.2) is 0 Å². The molecule has 0 aliphatic heterocycles. The third-order valence-corrected chi connectivity index (χ3v) is 4.61. The molecule has 0 unspecified atom stereocenters. The Bertz CT molecular complexity index is 417. The highest BCUT2D eigenvalue weighted by molar-refractivity contribution is 5.87. The van der Waals surface area contributed by atoms with Gasteiger partial charge in [0.15, 0.2) is 0 Å². The van der Waals surface area contributed by atoms with Gasteiger partial charge in [0.05, 0.1) is 18.9 Å². The third-order valence-electron chi connectivity index (χ3n) is 4.61. The Hall–Kier alpha value is -1.39. The molecule has 164 valence electrons. The first kappa shape index (κ1) is 26.6. The van der Waals surface area contributed by atoms with Crippen LogP contribution in [-0.2, 0) is 23.9 Å². The number of unbranched alkanes of at least 4 members (excludes halogenated alkanes) is 12. The molecule has 5 heteroatoms. The Morgan fingerprint density at radius 3 is 1.43 bits per heavy atom. The van der Waals surface area contributed by atoms with Crippen molar-refractivity contribution in [2.24, 2.45) is 0 Å². The average molecular weight is 399 g/mol. The van der Waals surface area contributed by atoms with Crippen LogP contribution in [0, 0.1) is 0 Å². The highest BCUT2D eigenvalue weighted by Gasteiger charge is 2.13. The van der Waals surface area contributed by atoms with E-state index in [0.717, 1.165) is 19.3 Å². The molecule has 28 heavy (non-hydrogen) atoms. The van der Waals surface area contributed by atoms with Gasteiger partial charge in [-0.05, 0) is 20.3 Å². The van der Waals surface area contributed by atoms with Crippen LogP contribution in [0.3, 0.4) is 0 Å². The van der Waals surface area contributed by atoms with Crippen molar-refractivity contribution in [3.05, 3.63) is 0 Å². The maximum absolute atomic E-state index is 11.6. The summed E-state index contributed by atoms with van der Waals surface area (Å²) in [5.74, 6) is -1.60. The molecule has 0 bridgehead atoms. The van der Waals surface area contributed by atoms with E-state index >= 15 is 0 Å². The summed E-state index contributed by atoms with van der Waals surface area (Å²) in [6.45, 7) is 5.74. The molecule has 0 fully saturated rings. The first-order chi connectivity index (χ1) is 13.5. The van der Waals surface area contributed by atoms with E-state index in [1.54, 1.807) is 13.8 Å². The van der Waals surface area contributed by atoms with Gasteiger partial charge >= 0.3 is 17.9 Å². The molecule has 0 rings (SSSR count). The standard InChI is InChI=1S/C23H42O5/c1-4-5-6-7-8-9-10-11-12-13-14-15-16-17-21(24)28-23(26)19-18-22(25)27-20(2)3/h20H,4-19H2,1-3H3. The topological polar surface area (TPSA) is 69.7 Å². The van der Waals surface area contributed by atoms with Crippen molar-refractivity contribution in [3.8, 4) is 0 Å². The Kier molecular flexibility index (Phi) is 18.0. The maximum atomic E-state index is 11.6. The molecule has 0 aromatic heterocycles. The lowest BCUT2D eigenvalue weighted by molar-refractivity contribution is -0.162. The fourth-order valence-electron chi connectivity index (χ4n) is 3.04. The van der Waals surface area contributed by atoms with Crippen LogP contribution in [0.2, 0.25) is 0 Å². The molecule has 0 aliphatic rings. The summed E-state index contributed by atoms with van der Waals surface area (Å²) >= 11 is 0. The summed E-state index contributed by atoms with van der Waals surface area (Å²) in [4.78, 5) is 34.5. The van der Waals surface area contributed by atoms with Crippen molar-refractivity contribution >= 4 is 17.9 Å². The van der Waals surface area contributed by atoms with Gasteiger partial charge in [-0.3, -0.25) is 14.4 Å². The molecule has 0 aromatic rings. The maximum Gasteiger partial charge on any atom is 0.314 e. The minimum Gasteiger partial charge on any atom is -0.463 e. The minimum absolute atomic E-state index is 0.0525. The van der Waals surface area contributed by atoms with Gasteiger partial charge < -0.3 is 9.47 Å². The van der Waals surface area contributed by atoms with E-state index in [0.29, 0.717) is 0 Å². The zero-order chi connectivity index (χ0) is 21.0. The molecule has 0 saturated carbocycles. The van der Waals surface area contributed by atoms with Crippen LogP contribution in [0.4, 0.5) is 0 Å². The highest BCUT2D eigenvalue weighted by Crippen LogP contribution is 2.13. The summed E-state index contributed by atoms with van der Waals surface area (Å²) < 4.78 is 9.65. The van der Waals surface area contributed by atoms with Gasteiger partial charge in [0.25, 0.3) is 0 Å². The molecular formula is C23H42O5. The summed E-state index contributed by atoms with van der Waals surface area (Å²) in [6, 6.07) is 0. The zero-order valence-electron chi connectivity index (χ0n) is 18.4. The van der Waals surface area contributed by atoms with Crippen LogP contribution < -0.4 is 0 Å². The van der Waals surface area contributed by atoms with Gasteiger partial charge in [-0.1, -0.05) is 84.0 Å². The number of ether oxygens (including phenoxy) is 2. The lowest BCUT2D eigenvalue weighted by Gasteiger charge is -2.07. The summed E-state index contributed by atoms with van der Waals surface area (Å²) in [6.07, 6.45) is 16.1. The van der Waals surface area contributed by atoms with Crippen molar-refractivity contribution < 1.29 is 23.9 Å². The summed E-state index contributed by atoms with van der Waals surface area (Å²) in [5, 5.41) is 0. The predicted octanol–water partition coefficient (Wildman–Crippen LogP) is 6.27. The molecule has 0 atom stereocenters. The number of hydrogen-bond donors (Lipinski definition) is 0. The Labute approximate surface area is 171 Å². The zero-order valence-corrected chi connectivity index (χ0v) is 18.4. The quantitative estimate of drug-likeness (QED) is 0.155. The molecule has 0 heterocycles. The second-order valence-electron chi connectivity index (χ2n) is 7.88. The Morgan fingerprint density at radius 2 is 0.964 bits per heavy atom. The van der Waals surface area contributed by atoms with Gasteiger partial charge in [-0.15, -0.1) is 0 Å². The van der Waals surface area contributed by atoms with Crippen LogP contribution in [0.15, 0.2) is 0 Å². The first-order valence-corrected chi connectivity index (χ1v) is 11.4. The minimum atomic E-state index is -0.652. The fourth-order valence-corrected chi connectivity index (χ4v) is 3.04.